The van der Waals surface area contributed by atoms with E-state index in [4.69, 9.17) is 0 Å². The molecule has 1 radical (unpaired) electrons. The van der Waals surface area contributed by atoms with Crippen molar-refractivity contribution in [2.24, 2.45) is 0 Å². The van der Waals surface area contributed by atoms with Gasteiger partial charge in [0, 0.05) is 14.2 Å². The molecule has 0 amide bonds. The summed E-state index contributed by atoms with van der Waals surface area (Å²) in [4.78, 5) is 0. The minimum atomic E-state index is -0.0370. The Morgan fingerprint density at radius 2 is 1.67 bits per heavy atom. The van der Waals surface area contributed by atoms with Crippen molar-refractivity contribution >= 4 is 10.2 Å². The second-order valence-electron chi connectivity index (χ2n) is 0.901. The third kappa shape index (κ3) is 2.38. The van der Waals surface area contributed by atoms with Gasteiger partial charge < -0.3 is 9.47 Å². The molecule has 0 bridgehead atoms. The Morgan fingerprint density at radius 3 is 1.67 bits per heavy atom. The molecule has 0 aliphatic heterocycles. The van der Waals surface area contributed by atoms with Gasteiger partial charge in [-0.15, -0.1) is 0 Å². The number of hydrogen-bond donors (Lipinski definition) is 0. The van der Waals surface area contributed by atoms with Gasteiger partial charge in [0.25, 0.3) is 0 Å². The average molecular weight is 105 g/mol. The van der Waals surface area contributed by atoms with E-state index >= 15 is 0 Å². The highest BCUT2D eigenvalue weighted by Crippen LogP contribution is 1.77. The highest BCUT2D eigenvalue weighted by molar-refractivity contribution is 6.09. The number of hydrogen-bond acceptors (Lipinski definition) is 2. The Kier molecular flexibility index (Phi) is 3.41. The van der Waals surface area contributed by atoms with E-state index in [-0.39, 0.29) is 5.91 Å². The van der Waals surface area contributed by atoms with E-state index < -0.39 is 0 Å². The van der Waals surface area contributed by atoms with Crippen LogP contribution in [-0.4, -0.2) is 30.4 Å². The van der Waals surface area contributed by atoms with Crippen LogP contribution < -0.4 is 0 Å². The maximum absolute atomic E-state index is 4.69. The first-order valence-corrected chi connectivity index (χ1v) is 2.51. The van der Waals surface area contributed by atoms with Gasteiger partial charge in [0.15, 0.2) is 0 Å². The molecule has 0 rings (SSSR count). The molecule has 0 aromatic rings. The molecule has 0 fully saturated rings. The highest BCUT2D eigenvalue weighted by atomic mass is 28.1. The zero-order valence-corrected chi connectivity index (χ0v) is 5.52. The monoisotopic (exact) mass is 105 g/mol. The van der Waals surface area contributed by atoms with Crippen LogP contribution >= 0.6 is 0 Å². The van der Waals surface area contributed by atoms with E-state index in [1.807, 2.05) is 0 Å². The van der Waals surface area contributed by atoms with E-state index in [1.165, 1.54) is 0 Å². The van der Waals surface area contributed by atoms with Crippen molar-refractivity contribution in [3.8, 4) is 0 Å². The fraction of sp³-hybridized carbons (Fsp3) is 1.00. The lowest BCUT2D eigenvalue weighted by Crippen LogP contribution is -2.11. The van der Waals surface area contributed by atoms with Crippen LogP contribution in [0.4, 0.5) is 0 Å². The van der Waals surface area contributed by atoms with Crippen molar-refractivity contribution in [3.05, 3.63) is 0 Å². The molecule has 37 valence electrons. The quantitative estimate of drug-likeness (QED) is 0.338. The maximum Gasteiger partial charge on any atom is 0.131 e. The lowest BCUT2D eigenvalue weighted by molar-refractivity contribution is -0.0411. The standard InChI is InChI=1S/C3H9O2Si/c1-4-3(6)5-2/h3H,6H2,1-2H3. The molecule has 0 atom stereocenters. The minimum absolute atomic E-state index is 0.0370. The highest BCUT2D eigenvalue weighted by Gasteiger charge is 1.88. The lowest BCUT2D eigenvalue weighted by Gasteiger charge is -2.03. The smallest absolute Gasteiger partial charge is 0.131 e. The Balaban J connectivity index is 2.75. The van der Waals surface area contributed by atoms with E-state index in [0.717, 1.165) is 0 Å². The molecule has 0 N–H and O–H groups in total. The minimum Gasteiger partial charge on any atom is -0.361 e. The summed E-state index contributed by atoms with van der Waals surface area (Å²) in [6.45, 7) is 0. The van der Waals surface area contributed by atoms with Gasteiger partial charge in [0.05, 0.1) is 10.2 Å². The van der Waals surface area contributed by atoms with E-state index in [0.29, 0.717) is 0 Å². The van der Waals surface area contributed by atoms with Crippen LogP contribution in [0, 0.1) is 0 Å². The van der Waals surface area contributed by atoms with Gasteiger partial charge in [-0.2, -0.15) is 0 Å². The molecule has 0 saturated heterocycles. The molecular weight excluding hydrogens is 96.1 g/mol. The maximum atomic E-state index is 4.69. The van der Waals surface area contributed by atoms with Crippen LogP contribution in [0.2, 0.25) is 0 Å². The van der Waals surface area contributed by atoms with Crippen LogP contribution in [0.25, 0.3) is 0 Å². The van der Waals surface area contributed by atoms with Crippen molar-refractivity contribution in [2.75, 3.05) is 14.2 Å². The summed E-state index contributed by atoms with van der Waals surface area (Å²) < 4.78 is 9.38. The fourth-order valence-corrected chi connectivity index (χ4v) is 0.0962. The van der Waals surface area contributed by atoms with Gasteiger partial charge in [-0.1, -0.05) is 0 Å². The molecule has 0 aliphatic rings. The summed E-state index contributed by atoms with van der Waals surface area (Å²) >= 11 is 0. The molecule has 0 aliphatic carbocycles. The zero-order valence-electron chi connectivity index (χ0n) is 4.10. The van der Waals surface area contributed by atoms with Crippen molar-refractivity contribution in [2.45, 2.75) is 5.91 Å². The molecule has 0 aromatic carbocycles. The first-order valence-electron chi connectivity index (χ1n) is 1.70. The summed E-state index contributed by atoms with van der Waals surface area (Å²) in [5, 5.41) is 0. The van der Waals surface area contributed by atoms with E-state index in [1.54, 1.807) is 24.5 Å². The van der Waals surface area contributed by atoms with Gasteiger partial charge in [0.2, 0.25) is 0 Å². The number of rotatable bonds is 2. The Morgan fingerprint density at radius 1 is 1.33 bits per heavy atom. The van der Waals surface area contributed by atoms with E-state index in [2.05, 4.69) is 9.47 Å². The fourth-order valence-electron chi connectivity index (χ4n) is 0.0962. The van der Waals surface area contributed by atoms with Crippen molar-refractivity contribution < 1.29 is 9.47 Å². The first-order chi connectivity index (χ1) is 2.81. The topological polar surface area (TPSA) is 18.5 Å². The Hall–Kier alpha value is 0.137. The second-order valence-corrected chi connectivity index (χ2v) is 1.57. The normalized spacial score (nSPS) is 10.0. The predicted octanol–water partition coefficient (Wildman–Crippen LogP) is -0.804. The van der Waals surface area contributed by atoms with Crippen LogP contribution in [0.15, 0.2) is 0 Å². The predicted molar refractivity (Wildman–Crippen MR) is 26.3 cm³/mol. The van der Waals surface area contributed by atoms with Crippen molar-refractivity contribution in [1.29, 1.82) is 0 Å². The van der Waals surface area contributed by atoms with Gasteiger partial charge in [-0.25, -0.2) is 0 Å². The van der Waals surface area contributed by atoms with Crippen molar-refractivity contribution in [1.82, 2.24) is 0 Å². The van der Waals surface area contributed by atoms with Crippen molar-refractivity contribution in [3.63, 3.8) is 0 Å². The van der Waals surface area contributed by atoms with Gasteiger partial charge in [0.1, 0.15) is 5.91 Å². The average Bonchev–Trinajstić information content (AvgIpc) is 1.65. The van der Waals surface area contributed by atoms with Gasteiger partial charge in [-0.05, 0) is 0 Å². The van der Waals surface area contributed by atoms with Gasteiger partial charge in [-0.3, -0.25) is 0 Å². The lowest BCUT2D eigenvalue weighted by atomic mass is 11.3. The molecule has 3 heteroatoms. The second kappa shape index (κ2) is 3.33. The van der Waals surface area contributed by atoms with Crippen LogP contribution in [0.3, 0.4) is 0 Å². The number of ether oxygens (including phenoxy) is 2. The Bertz CT molecular complexity index is 28.0. The zero-order chi connectivity index (χ0) is 4.99. The summed E-state index contributed by atoms with van der Waals surface area (Å²) in [5.74, 6) is -0.0370. The van der Waals surface area contributed by atoms with E-state index in [9.17, 15) is 0 Å². The summed E-state index contributed by atoms with van der Waals surface area (Å²) in [7, 11) is 4.88. The molecule has 0 unspecified atom stereocenters. The SMILES string of the molecule is COC([SiH2])OC. The summed E-state index contributed by atoms with van der Waals surface area (Å²) in [6.07, 6.45) is 0. The first kappa shape index (κ1) is 6.14. The van der Waals surface area contributed by atoms with Crippen LogP contribution in [-0.2, 0) is 9.47 Å². The van der Waals surface area contributed by atoms with Crippen LogP contribution in [0.1, 0.15) is 0 Å². The summed E-state index contributed by atoms with van der Waals surface area (Å²) in [6, 6.07) is 0. The third-order valence-electron chi connectivity index (χ3n) is 0.526. The molecule has 0 spiro atoms. The molecule has 0 saturated carbocycles. The molecular formula is C3H9O2Si. The molecule has 0 heterocycles. The molecule has 0 aromatic heterocycles. The molecule has 2 nitrogen and oxygen atoms in total. The van der Waals surface area contributed by atoms with Gasteiger partial charge >= 0.3 is 0 Å². The third-order valence-corrected chi connectivity index (χ3v) is 1.19. The van der Waals surface area contributed by atoms with Crippen LogP contribution in [0.5, 0.6) is 0 Å². The Labute approximate surface area is 40.9 Å². The molecule has 6 heavy (non-hydrogen) atoms. The largest absolute Gasteiger partial charge is 0.361 e. The summed E-state index contributed by atoms with van der Waals surface area (Å²) in [5.41, 5.74) is 0. The number of methoxy groups -OCH3 is 2.